The van der Waals surface area contributed by atoms with Crippen LogP contribution in [0.2, 0.25) is 0 Å². The molecular formula is C17H17N3OS2. The highest BCUT2D eigenvalue weighted by Gasteiger charge is 2.08. The Bertz CT molecular complexity index is 802. The van der Waals surface area contributed by atoms with Crippen LogP contribution in [0.1, 0.15) is 5.56 Å². The Hall–Kier alpha value is -2.05. The molecule has 0 aliphatic heterocycles. The van der Waals surface area contributed by atoms with Crippen molar-refractivity contribution in [1.82, 2.24) is 10.3 Å². The summed E-state index contributed by atoms with van der Waals surface area (Å²) >= 11 is 3.03. The van der Waals surface area contributed by atoms with Crippen molar-refractivity contribution in [2.24, 2.45) is 0 Å². The van der Waals surface area contributed by atoms with Gasteiger partial charge < -0.3 is 11.1 Å². The van der Waals surface area contributed by atoms with Crippen molar-refractivity contribution < 1.29 is 4.79 Å². The molecule has 3 aromatic rings. The Morgan fingerprint density at radius 2 is 2.04 bits per heavy atom. The average molecular weight is 343 g/mol. The molecule has 0 aliphatic rings. The van der Waals surface area contributed by atoms with E-state index in [9.17, 15) is 4.79 Å². The second kappa shape index (κ2) is 7.48. The number of rotatable bonds is 6. The van der Waals surface area contributed by atoms with Crippen LogP contribution in [0.15, 0.2) is 52.9 Å². The first-order valence-electron chi connectivity index (χ1n) is 7.30. The topological polar surface area (TPSA) is 68.0 Å². The fourth-order valence-electron chi connectivity index (χ4n) is 2.15. The number of hydrogen-bond acceptors (Lipinski definition) is 5. The van der Waals surface area contributed by atoms with Crippen LogP contribution < -0.4 is 11.1 Å². The Balaban J connectivity index is 1.46. The average Bonchev–Trinajstić information content (AvgIpc) is 2.96. The van der Waals surface area contributed by atoms with E-state index >= 15 is 0 Å². The van der Waals surface area contributed by atoms with Gasteiger partial charge in [0.2, 0.25) is 5.91 Å². The number of nitrogens with two attached hydrogens (primary N) is 1. The van der Waals surface area contributed by atoms with E-state index in [0.717, 1.165) is 26.7 Å². The first kappa shape index (κ1) is 15.8. The molecule has 0 spiro atoms. The molecule has 1 aromatic heterocycles. The molecule has 0 radical (unpaired) electrons. The fraction of sp³-hybridized carbons (Fsp3) is 0.176. The van der Waals surface area contributed by atoms with Crippen molar-refractivity contribution in [2.45, 2.75) is 10.8 Å². The summed E-state index contributed by atoms with van der Waals surface area (Å²) in [5.41, 5.74) is 8.65. The minimum absolute atomic E-state index is 0.0321. The molecule has 0 saturated carbocycles. The number of fused-ring (bicyclic) bond motifs is 1. The van der Waals surface area contributed by atoms with Crippen molar-refractivity contribution in [3.8, 4) is 0 Å². The van der Waals surface area contributed by atoms with E-state index in [2.05, 4.69) is 22.4 Å². The molecule has 0 unspecified atom stereocenters. The van der Waals surface area contributed by atoms with Crippen LogP contribution in [-0.2, 0) is 11.2 Å². The number of nitrogen functional groups attached to an aromatic ring is 1. The molecule has 23 heavy (non-hydrogen) atoms. The number of nitrogens with zero attached hydrogens (tertiary/aromatic N) is 1. The van der Waals surface area contributed by atoms with E-state index in [0.29, 0.717) is 12.3 Å². The van der Waals surface area contributed by atoms with E-state index in [4.69, 9.17) is 5.73 Å². The van der Waals surface area contributed by atoms with Crippen LogP contribution in [0.3, 0.4) is 0 Å². The van der Waals surface area contributed by atoms with Gasteiger partial charge in [0.05, 0.1) is 16.0 Å². The molecular weight excluding hydrogens is 326 g/mol. The molecule has 1 heterocycles. The summed E-state index contributed by atoms with van der Waals surface area (Å²) < 4.78 is 1.95. The third-order valence-electron chi connectivity index (χ3n) is 3.30. The first-order chi connectivity index (χ1) is 11.2. The third kappa shape index (κ3) is 4.46. The van der Waals surface area contributed by atoms with Gasteiger partial charge in [-0.2, -0.15) is 0 Å². The standard InChI is InChI=1S/C17H17N3OS2/c18-13-6-7-14-15(10-13)23-17(20-14)22-11-16(21)19-9-8-12-4-2-1-3-5-12/h1-7,10H,8-9,11,18H2,(H,19,21). The molecule has 4 nitrogen and oxygen atoms in total. The molecule has 0 bridgehead atoms. The Morgan fingerprint density at radius 3 is 2.87 bits per heavy atom. The summed E-state index contributed by atoms with van der Waals surface area (Å²) in [7, 11) is 0. The maximum absolute atomic E-state index is 11.9. The second-order valence-corrected chi connectivity index (χ2v) is 7.33. The number of anilines is 1. The number of thioether (sulfide) groups is 1. The van der Waals surface area contributed by atoms with Crippen molar-refractivity contribution in [2.75, 3.05) is 18.0 Å². The molecule has 0 saturated heterocycles. The molecule has 3 rings (SSSR count). The highest BCUT2D eigenvalue weighted by molar-refractivity contribution is 8.01. The van der Waals surface area contributed by atoms with Gasteiger partial charge in [0.15, 0.2) is 4.34 Å². The molecule has 3 N–H and O–H groups in total. The summed E-state index contributed by atoms with van der Waals surface area (Å²) in [6, 6.07) is 15.8. The predicted octanol–water partition coefficient (Wildman–Crippen LogP) is 3.33. The van der Waals surface area contributed by atoms with Gasteiger partial charge in [0.25, 0.3) is 0 Å². The molecule has 0 aliphatic carbocycles. The highest BCUT2D eigenvalue weighted by Crippen LogP contribution is 2.30. The van der Waals surface area contributed by atoms with Crippen molar-refractivity contribution in [3.63, 3.8) is 0 Å². The Morgan fingerprint density at radius 1 is 1.22 bits per heavy atom. The van der Waals surface area contributed by atoms with E-state index in [1.807, 2.05) is 36.4 Å². The van der Waals surface area contributed by atoms with E-state index in [1.165, 1.54) is 17.3 Å². The largest absolute Gasteiger partial charge is 0.399 e. The predicted molar refractivity (Wildman–Crippen MR) is 97.9 cm³/mol. The van der Waals surface area contributed by atoms with Gasteiger partial charge in [-0.1, -0.05) is 42.1 Å². The van der Waals surface area contributed by atoms with Crippen molar-refractivity contribution >= 4 is 44.9 Å². The SMILES string of the molecule is Nc1ccc2nc(SCC(=O)NCCc3ccccc3)sc2c1. The van der Waals surface area contributed by atoms with Gasteiger partial charge in [-0.25, -0.2) is 4.98 Å². The van der Waals surface area contributed by atoms with Gasteiger partial charge in [0, 0.05) is 12.2 Å². The quantitative estimate of drug-likeness (QED) is 0.532. The van der Waals surface area contributed by atoms with Gasteiger partial charge in [-0.15, -0.1) is 11.3 Å². The van der Waals surface area contributed by atoms with Gasteiger partial charge in [-0.05, 0) is 30.2 Å². The zero-order chi connectivity index (χ0) is 16.1. The molecule has 0 fully saturated rings. The summed E-state index contributed by atoms with van der Waals surface area (Å²) in [6.45, 7) is 0.653. The van der Waals surface area contributed by atoms with Crippen LogP contribution in [0.4, 0.5) is 5.69 Å². The minimum atomic E-state index is 0.0321. The zero-order valence-electron chi connectivity index (χ0n) is 12.5. The number of benzene rings is 2. The van der Waals surface area contributed by atoms with Gasteiger partial charge in [-0.3, -0.25) is 4.79 Å². The van der Waals surface area contributed by atoms with Crippen LogP contribution in [0, 0.1) is 0 Å². The highest BCUT2D eigenvalue weighted by atomic mass is 32.2. The molecule has 6 heteroatoms. The molecule has 0 atom stereocenters. The maximum Gasteiger partial charge on any atom is 0.230 e. The third-order valence-corrected chi connectivity index (χ3v) is 5.46. The number of carbonyl (C=O) groups excluding carboxylic acids is 1. The second-order valence-electron chi connectivity index (χ2n) is 5.08. The number of amides is 1. The Labute approximate surface area is 143 Å². The molecule has 2 aromatic carbocycles. The lowest BCUT2D eigenvalue weighted by Crippen LogP contribution is -2.27. The van der Waals surface area contributed by atoms with Gasteiger partial charge >= 0.3 is 0 Å². The zero-order valence-corrected chi connectivity index (χ0v) is 14.1. The van der Waals surface area contributed by atoms with E-state index < -0.39 is 0 Å². The van der Waals surface area contributed by atoms with E-state index in [-0.39, 0.29) is 5.91 Å². The number of hydrogen-bond donors (Lipinski definition) is 2. The first-order valence-corrected chi connectivity index (χ1v) is 9.10. The normalized spacial score (nSPS) is 10.8. The van der Waals surface area contributed by atoms with Crippen LogP contribution in [0.5, 0.6) is 0 Å². The lowest BCUT2D eigenvalue weighted by molar-refractivity contribution is -0.118. The maximum atomic E-state index is 11.9. The molecule has 1 amide bonds. The monoisotopic (exact) mass is 343 g/mol. The Kier molecular flexibility index (Phi) is 5.15. The van der Waals surface area contributed by atoms with Crippen LogP contribution in [0.25, 0.3) is 10.2 Å². The lowest BCUT2D eigenvalue weighted by atomic mass is 10.1. The smallest absolute Gasteiger partial charge is 0.230 e. The summed E-state index contributed by atoms with van der Waals surface area (Å²) in [4.78, 5) is 16.4. The van der Waals surface area contributed by atoms with E-state index in [1.54, 1.807) is 11.3 Å². The van der Waals surface area contributed by atoms with Crippen LogP contribution in [-0.4, -0.2) is 23.2 Å². The summed E-state index contributed by atoms with van der Waals surface area (Å²) in [5, 5.41) is 2.94. The fourth-order valence-corrected chi connectivity index (χ4v) is 4.10. The van der Waals surface area contributed by atoms with Gasteiger partial charge in [0.1, 0.15) is 0 Å². The summed E-state index contributed by atoms with van der Waals surface area (Å²) in [6.07, 6.45) is 0.845. The minimum Gasteiger partial charge on any atom is -0.399 e. The number of nitrogens with one attached hydrogen (secondary N) is 1. The molecule has 118 valence electrons. The number of thiazole rings is 1. The summed E-state index contributed by atoms with van der Waals surface area (Å²) in [5.74, 6) is 0.411. The van der Waals surface area contributed by atoms with Crippen molar-refractivity contribution in [3.05, 3.63) is 54.1 Å². The van der Waals surface area contributed by atoms with Crippen LogP contribution >= 0.6 is 23.1 Å². The van der Waals surface area contributed by atoms with Crippen molar-refractivity contribution in [1.29, 1.82) is 0 Å². The lowest BCUT2D eigenvalue weighted by Gasteiger charge is -2.04. The number of aromatic nitrogens is 1. The number of carbonyl (C=O) groups is 1.